The van der Waals surface area contributed by atoms with Crippen molar-refractivity contribution >= 4 is 0 Å². The summed E-state index contributed by atoms with van der Waals surface area (Å²) < 4.78 is 0. The maximum Gasteiger partial charge on any atom is 0.0297 e. The smallest absolute Gasteiger partial charge is 0.0297 e. The highest BCUT2D eigenvalue weighted by Crippen LogP contribution is 2.29. The van der Waals surface area contributed by atoms with E-state index in [1.54, 1.807) is 0 Å². The predicted octanol–water partition coefficient (Wildman–Crippen LogP) is 5.31. The quantitative estimate of drug-likeness (QED) is 0.766. The third-order valence-corrected chi connectivity index (χ3v) is 4.93. The Labute approximate surface area is 125 Å². The Morgan fingerprint density at radius 3 is 2.50 bits per heavy atom. The minimum absolute atomic E-state index is 0.475. The van der Waals surface area contributed by atoms with E-state index in [1.165, 1.54) is 55.2 Å². The van der Waals surface area contributed by atoms with Gasteiger partial charge in [0, 0.05) is 12.1 Å². The van der Waals surface area contributed by atoms with Gasteiger partial charge in [-0.15, -0.1) is 0 Å². The summed E-state index contributed by atoms with van der Waals surface area (Å²) in [6, 6.07) is 8.00. The van der Waals surface area contributed by atoms with Crippen molar-refractivity contribution in [3.63, 3.8) is 0 Å². The Morgan fingerprint density at radius 1 is 1.15 bits per heavy atom. The van der Waals surface area contributed by atoms with Crippen molar-refractivity contribution in [1.29, 1.82) is 0 Å². The van der Waals surface area contributed by atoms with Crippen molar-refractivity contribution in [1.82, 2.24) is 5.32 Å². The van der Waals surface area contributed by atoms with E-state index in [0.717, 1.165) is 12.0 Å². The zero-order valence-electron chi connectivity index (χ0n) is 13.7. The van der Waals surface area contributed by atoms with Crippen LogP contribution in [0.25, 0.3) is 0 Å². The highest BCUT2D eigenvalue weighted by molar-refractivity contribution is 5.32. The summed E-state index contributed by atoms with van der Waals surface area (Å²) in [4.78, 5) is 0. The molecule has 1 N–H and O–H groups in total. The molecule has 0 spiro atoms. The van der Waals surface area contributed by atoms with Crippen LogP contribution in [0.5, 0.6) is 0 Å². The molecule has 0 amide bonds. The van der Waals surface area contributed by atoms with Crippen LogP contribution in [0.15, 0.2) is 18.2 Å². The SMILES string of the molecule is CCCC1CCC(NC(C)c2cc(C)ccc2C)CC1. The van der Waals surface area contributed by atoms with Crippen LogP contribution in [0.2, 0.25) is 0 Å². The van der Waals surface area contributed by atoms with Crippen LogP contribution in [-0.4, -0.2) is 6.04 Å². The van der Waals surface area contributed by atoms with Gasteiger partial charge in [-0.05, 0) is 63.5 Å². The second-order valence-electron chi connectivity index (χ2n) is 6.75. The Balaban J connectivity index is 1.89. The zero-order valence-corrected chi connectivity index (χ0v) is 13.7. The summed E-state index contributed by atoms with van der Waals surface area (Å²) in [7, 11) is 0. The lowest BCUT2D eigenvalue weighted by atomic mass is 9.83. The number of nitrogens with one attached hydrogen (secondary N) is 1. The highest BCUT2D eigenvalue weighted by Gasteiger charge is 2.22. The van der Waals surface area contributed by atoms with Gasteiger partial charge in [-0.2, -0.15) is 0 Å². The van der Waals surface area contributed by atoms with Crippen molar-refractivity contribution in [2.75, 3.05) is 0 Å². The minimum atomic E-state index is 0.475. The summed E-state index contributed by atoms with van der Waals surface area (Å²) >= 11 is 0. The van der Waals surface area contributed by atoms with E-state index >= 15 is 0 Å². The van der Waals surface area contributed by atoms with E-state index in [2.05, 4.69) is 51.2 Å². The number of aryl methyl sites for hydroxylation is 2. The summed E-state index contributed by atoms with van der Waals surface area (Å²) in [6.45, 7) is 9.05. The predicted molar refractivity (Wildman–Crippen MR) is 88.1 cm³/mol. The average molecular weight is 273 g/mol. The van der Waals surface area contributed by atoms with Crippen molar-refractivity contribution < 1.29 is 0 Å². The van der Waals surface area contributed by atoms with Gasteiger partial charge in [0.25, 0.3) is 0 Å². The van der Waals surface area contributed by atoms with E-state index in [-0.39, 0.29) is 0 Å². The van der Waals surface area contributed by atoms with Gasteiger partial charge in [-0.1, -0.05) is 43.5 Å². The van der Waals surface area contributed by atoms with E-state index in [1.807, 2.05) is 0 Å². The van der Waals surface area contributed by atoms with Gasteiger partial charge < -0.3 is 5.32 Å². The summed E-state index contributed by atoms with van der Waals surface area (Å²) in [5.74, 6) is 0.995. The van der Waals surface area contributed by atoms with Crippen LogP contribution >= 0.6 is 0 Å². The minimum Gasteiger partial charge on any atom is -0.307 e. The lowest BCUT2D eigenvalue weighted by Gasteiger charge is -2.31. The van der Waals surface area contributed by atoms with E-state index in [4.69, 9.17) is 0 Å². The first-order valence-corrected chi connectivity index (χ1v) is 8.43. The normalized spacial score (nSPS) is 24.6. The Kier molecular flexibility index (Phi) is 5.65. The molecule has 1 unspecified atom stereocenters. The van der Waals surface area contributed by atoms with Crippen molar-refractivity contribution in [2.45, 2.75) is 78.3 Å². The molecule has 0 saturated heterocycles. The van der Waals surface area contributed by atoms with Crippen molar-refractivity contribution in [3.05, 3.63) is 34.9 Å². The van der Waals surface area contributed by atoms with Crippen LogP contribution in [0.4, 0.5) is 0 Å². The fraction of sp³-hybridized carbons (Fsp3) is 0.684. The fourth-order valence-corrected chi connectivity index (χ4v) is 3.70. The third-order valence-electron chi connectivity index (χ3n) is 4.93. The summed E-state index contributed by atoms with van der Waals surface area (Å²) in [5.41, 5.74) is 4.25. The molecule has 1 fully saturated rings. The molecule has 2 rings (SSSR count). The van der Waals surface area contributed by atoms with Gasteiger partial charge in [0.2, 0.25) is 0 Å². The van der Waals surface area contributed by atoms with Crippen LogP contribution < -0.4 is 5.32 Å². The number of hydrogen-bond donors (Lipinski definition) is 1. The van der Waals surface area contributed by atoms with Crippen molar-refractivity contribution in [3.8, 4) is 0 Å². The molecule has 112 valence electrons. The van der Waals surface area contributed by atoms with Crippen LogP contribution in [0.1, 0.15) is 75.1 Å². The Morgan fingerprint density at radius 2 is 1.85 bits per heavy atom. The van der Waals surface area contributed by atoms with E-state index in [9.17, 15) is 0 Å². The molecule has 1 aliphatic carbocycles. The first-order chi connectivity index (χ1) is 9.60. The van der Waals surface area contributed by atoms with E-state index < -0.39 is 0 Å². The van der Waals surface area contributed by atoms with Gasteiger partial charge in [0.05, 0.1) is 0 Å². The molecule has 0 aromatic heterocycles. The molecule has 0 radical (unpaired) electrons. The zero-order chi connectivity index (χ0) is 14.5. The van der Waals surface area contributed by atoms with Gasteiger partial charge in [0.15, 0.2) is 0 Å². The average Bonchev–Trinajstić information content (AvgIpc) is 2.44. The molecule has 1 saturated carbocycles. The molecule has 1 aromatic rings. The van der Waals surface area contributed by atoms with Crippen LogP contribution in [0, 0.1) is 19.8 Å². The molecular formula is C19H31N. The number of rotatable bonds is 5. The highest BCUT2D eigenvalue weighted by atomic mass is 14.9. The third kappa shape index (κ3) is 4.09. The molecule has 1 nitrogen and oxygen atoms in total. The number of benzene rings is 1. The standard InChI is InChI=1S/C19H31N/c1-5-6-17-9-11-18(12-10-17)20-16(4)19-13-14(2)7-8-15(19)3/h7-8,13,16-18,20H,5-6,9-12H2,1-4H3. The number of hydrogen-bond acceptors (Lipinski definition) is 1. The largest absolute Gasteiger partial charge is 0.307 e. The summed E-state index contributed by atoms with van der Waals surface area (Å²) in [6.07, 6.45) is 8.34. The second kappa shape index (κ2) is 7.26. The molecule has 0 heterocycles. The maximum absolute atomic E-state index is 3.87. The lowest BCUT2D eigenvalue weighted by Crippen LogP contribution is -2.35. The van der Waals surface area contributed by atoms with Gasteiger partial charge in [-0.25, -0.2) is 0 Å². The molecule has 0 bridgehead atoms. The Bertz CT molecular complexity index is 416. The second-order valence-corrected chi connectivity index (χ2v) is 6.75. The molecular weight excluding hydrogens is 242 g/mol. The maximum atomic E-state index is 3.87. The van der Waals surface area contributed by atoms with Crippen LogP contribution in [-0.2, 0) is 0 Å². The van der Waals surface area contributed by atoms with E-state index in [0.29, 0.717) is 6.04 Å². The lowest BCUT2D eigenvalue weighted by molar-refractivity contribution is 0.266. The molecule has 0 aliphatic heterocycles. The Hall–Kier alpha value is -0.820. The monoisotopic (exact) mass is 273 g/mol. The van der Waals surface area contributed by atoms with Crippen LogP contribution in [0.3, 0.4) is 0 Å². The fourth-order valence-electron chi connectivity index (χ4n) is 3.70. The first-order valence-electron chi connectivity index (χ1n) is 8.43. The molecule has 20 heavy (non-hydrogen) atoms. The topological polar surface area (TPSA) is 12.0 Å². The van der Waals surface area contributed by atoms with Gasteiger partial charge >= 0.3 is 0 Å². The van der Waals surface area contributed by atoms with Crippen molar-refractivity contribution in [2.24, 2.45) is 5.92 Å². The van der Waals surface area contributed by atoms with Gasteiger partial charge in [0.1, 0.15) is 0 Å². The molecule has 1 heteroatoms. The summed E-state index contributed by atoms with van der Waals surface area (Å²) in [5, 5.41) is 3.87. The molecule has 1 aromatic carbocycles. The molecule has 1 atom stereocenters. The first kappa shape index (κ1) is 15.6. The van der Waals surface area contributed by atoms with Gasteiger partial charge in [-0.3, -0.25) is 0 Å². The molecule has 1 aliphatic rings.